The third kappa shape index (κ3) is 5.51. The Bertz CT molecular complexity index is 876. The molecule has 0 aromatic heterocycles. The molecule has 5 nitrogen and oxygen atoms in total. The summed E-state index contributed by atoms with van der Waals surface area (Å²) in [5, 5.41) is 6.92. The summed E-state index contributed by atoms with van der Waals surface area (Å²) in [6.07, 6.45) is 0. The maximum absolute atomic E-state index is 12.6. The van der Waals surface area contributed by atoms with Crippen molar-refractivity contribution in [3.05, 3.63) is 59.7 Å². The lowest BCUT2D eigenvalue weighted by atomic mass is 10.1. The average molecular weight is 406 g/mol. The van der Waals surface area contributed by atoms with E-state index >= 15 is 0 Å². The SMILES string of the molecule is CCN(CC)S(=O)(=O)c1ccc([C@@H](C)NC(=S)Nc2cccc(C)c2)cc1. The van der Waals surface area contributed by atoms with Crippen LogP contribution in [0.25, 0.3) is 0 Å². The summed E-state index contributed by atoms with van der Waals surface area (Å²) in [6, 6.07) is 14.9. The van der Waals surface area contributed by atoms with Crippen LogP contribution in [0.5, 0.6) is 0 Å². The third-order valence-corrected chi connectivity index (χ3v) is 6.63. The molecule has 0 fully saturated rings. The van der Waals surface area contributed by atoms with E-state index in [0.29, 0.717) is 23.1 Å². The maximum Gasteiger partial charge on any atom is 0.243 e. The van der Waals surface area contributed by atoms with E-state index < -0.39 is 10.0 Å². The van der Waals surface area contributed by atoms with E-state index in [4.69, 9.17) is 12.2 Å². The van der Waals surface area contributed by atoms with Gasteiger partial charge in [0.15, 0.2) is 5.11 Å². The number of thiocarbonyl (C=S) groups is 1. The maximum atomic E-state index is 12.6. The van der Waals surface area contributed by atoms with Crippen LogP contribution in [0.4, 0.5) is 5.69 Å². The van der Waals surface area contributed by atoms with Crippen LogP contribution in [0.1, 0.15) is 37.9 Å². The van der Waals surface area contributed by atoms with Gasteiger partial charge in [0.2, 0.25) is 10.0 Å². The first kappa shape index (κ1) is 21.3. The second-order valence-corrected chi connectivity index (χ2v) is 8.69. The zero-order valence-corrected chi connectivity index (χ0v) is 17.8. The van der Waals surface area contributed by atoms with Gasteiger partial charge < -0.3 is 10.6 Å². The first-order chi connectivity index (χ1) is 12.8. The van der Waals surface area contributed by atoms with Crippen LogP contribution in [0.15, 0.2) is 53.4 Å². The molecule has 0 aliphatic carbocycles. The van der Waals surface area contributed by atoms with Crippen molar-refractivity contribution >= 4 is 33.0 Å². The summed E-state index contributed by atoms with van der Waals surface area (Å²) >= 11 is 5.38. The number of hydrogen-bond donors (Lipinski definition) is 2. The molecule has 2 aromatic rings. The van der Waals surface area contributed by atoms with Crippen molar-refractivity contribution < 1.29 is 8.42 Å². The van der Waals surface area contributed by atoms with Crippen molar-refractivity contribution in [1.29, 1.82) is 0 Å². The van der Waals surface area contributed by atoms with Gasteiger partial charge in [-0.05, 0) is 61.5 Å². The van der Waals surface area contributed by atoms with Crippen molar-refractivity contribution in [2.45, 2.75) is 38.6 Å². The topological polar surface area (TPSA) is 61.4 Å². The summed E-state index contributed by atoms with van der Waals surface area (Å²) in [5.41, 5.74) is 3.04. The molecule has 0 saturated heterocycles. The van der Waals surface area contributed by atoms with Crippen molar-refractivity contribution in [3.63, 3.8) is 0 Å². The van der Waals surface area contributed by atoms with Gasteiger partial charge in [-0.3, -0.25) is 0 Å². The molecule has 0 heterocycles. The third-order valence-electron chi connectivity index (χ3n) is 4.35. The molecule has 0 spiro atoms. The first-order valence-corrected chi connectivity index (χ1v) is 10.9. The molecule has 0 aliphatic heterocycles. The largest absolute Gasteiger partial charge is 0.356 e. The summed E-state index contributed by atoms with van der Waals surface area (Å²) in [7, 11) is -3.44. The van der Waals surface area contributed by atoms with Gasteiger partial charge in [0.05, 0.1) is 10.9 Å². The number of benzene rings is 2. The van der Waals surface area contributed by atoms with E-state index in [1.807, 2.05) is 64.1 Å². The fraction of sp³-hybridized carbons (Fsp3) is 0.350. The molecule has 2 N–H and O–H groups in total. The predicted octanol–water partition coefficient (Wildman–Crippen LogP) is 4.07. The van der Waals surface area contributed by atoms with E-state index in [-0.39, 0.29) is 6.04 Å². The number of nitrogens with one attached hydrogen (secondary N) is 2. The van der Waals surface area contributed by atoms with E-state index in [1.54, 1.807) is 12.1 Å². The highest BCUT2D eigenvalue weighted by atomic mass is 32.2. The number of anilines is 1. The highest BCUT2D eigenvalue weighted by Crippen LogP contribution is 2.19. The molecule has 2 rings (SSSR count). The fourth-order valence-electron chi connectivity index (χ4n) is 2.81. The summed E-state index contributed by atoms with van der Waals surface area (Å²) in [6.45, 7) is 8.60. The van der Waals surface area contributed by atoms with Crippen molar-refractivity contribution in [3.8, 4) is 0 Å². The molecule has 0 saturated carbocycles. The van der Waals surface area contributed by atoms with Crippen LogP contribution in [-0.2, 0) is 10.0 Å². The monoisotopic (exact) mass is 405 g/mol. The van der Waals surface area contributed by atoms with Crippen molar-refractivity contribution in [2.75, 3.05) is 18.4 Å². The Morgan fingerprint density at radius 2 is 1.74 bits per heavy atom. The van der Waals surface area contributed by atoms with E-state index in [9.17, 15) is 8.42 Å². The van der Waals surface area contributed by atoms with E-state index in [1.165, 1.54) is 4.31 Å². The van der Waals surface area contributed by atoms with Gasteiger partial charge in [0.1, 0.15) is 0 Å². The van der Waals surface area contributed by atoms with Gasteiger partial charge in [-0.2, -0.15) is 4.31 Å². The Kier molecular flexibility index (Phi) is 7.35. The van der Waals surface area contributed by atoms with Gasteiger partial charge in [0.25, 0.3) is 0 Å². The van der Waals surface area contributed by atoms with Crippen LogP contribution in [-0.4, -0.2) is 30.9 Å². The van der Waals surface area contributed by atoms with Gasteiger partial charge in [0, 0.05) is 18.8 Å². The number of sulfonamides is 1. The molecule has 146 valence electrons. The van der Waals surface area contributed by atoms with Gasteiger partial charge in [-0.25, -0.2) is 8.42 Å². The van der Waals surface area contributed by atoms with Gasteiger partial charge in [-0.15, -0.1) is 0 Å². The summed E-state index contributed by atoms with van der Waals surface area (Å²) in [4.78, 5) is 0.308. The number of nitrogens with zero attached hydrogens (tertiary/aromatic N) is 1. The molecule has 0 radical (unpaired) electrons. The molecular formula is C20H27N3O2S2. The molecule has 0 aliphatic rings. The van der Waals surface area contributed by atoms with Crippen LogP contribution in [0, 0.1) is 6.92 Å². The molecular weight excluding hydrogens is 378 g/mol. The van der Waals surface area contributed by atoms with Crippen molar-refractivity contribution in [1.82, 2.24) is 9.62 Å². The van der Waals surface area contributed by atoms with E-state index in [0.717, 1.165) is 16.8 Å². The van der Waals surface area contributed by atoms with Gasteiger partial charge in [-0.1, -0.05) is 38.1 Å². The average Bonchev–Trinajstić information content (AvgIpc) is 2.62. The molecule has 7 heteroatoms. The molecule has 0 amide bonds. The Morgan fingerprint density at radius 1 is 1.11 bits per heavy atom. The molecule has 1 atom stereocenters. The zero-order chi connectivity index (χ0) is 20.0. The summed E-state index contributed by atoms with van der Waals surface area (Å²) < 4.78 is 26.6. The minimum absolute atomic E-state index is 0.0555. The Morgan fingerprint density at radius 3 is 2.30 bits per heavy atom. The second kappa shape index (κ2) is 9.30. The lowest BCUT2D eigenvalue weighted by molar-refractivity contribution is 0.445. The quantitative estimate of drug-likeness (QED) is 0.680. The molecule has 27 heavy (non-hydrogen) atoms. The van der Waals surface area contributed by atoms with Crippen LogP contribution >= 0.6 is 12.2 Å². The van der Waals surface area contributed by atoms with Crippen LogP contribution < -0.4 is 10.6 Å². The highest BCUT2D eigenvalue weighted by molar-refractivity contribution is 7.89. The van der Waals surface area contributed by atoms with E-state index in [2.05, 4.69) is 10.6 Å². The smallest absolute Gasteiger partial charge is 0.243 e. The summed E-state index contributed by atoms with van der Waals surface area (Å²) in [5.74, 6) is 0. The van der Waals surface area contributed by atoms with Crippen molar-refractivity contribution in [2.24, 2.45) is 0 Å². The molecule has 2 aromatic carbocycles. The zero-order valence-electron chi connectivity index (χ0n) is 16.2. The minimum atomic E-state index is -3.44. The Hall–Kier alpha value is -1.96. The standard InChI is InChI=1S/C20H27N3O2S2/c1-5-23(6-2)27(24,25)19-12-10-17(11-13-19)16(4)21-20(26)22-18-9-7-8-15(3)14-18/h7-14,16H,5-6H2,1-4H3,(H2,21,22,26)/t16-/m1/s1. The molecule has 0 bridgehead atoms. The number of hydrogen-bond acceptors (Lipinski definition) is 3. The predicted molar refractivity (Wildman–Crippen MR) is 115 cm³/mol. The molecule has 0 unspecified atom stereocenters. The van der Waals surface area contributed by atoms with Crippen LogP contribution in [0.2, 0.25) is 0 Å². The fourth-order valence-corrected chi connectivity index (χ4v) is 4.56. The minimum Gasteiger partial charge on any atom is -0.356 e. The Balaban J connectivity index is 2.05. The highest BCUT2D eigenvalue weighted by Gasteiger charge is 2.21. The number of aryl methyl sites for hydroxylation is 1. The Labute approximate surface area is 167 Å². The first-order valence-electron chi connectivity index (χ1n) is 9.02. The second-order valence-electron chi connectivity index (χ2n) is 6.35. The lowest BCUT2D eigenvalue weighted by Gasteiger charge is -2.20. The number of rotatable bonds is 7. The lowest BCUT2D eigenvalue weighted by Crippen LogP contribution is -2.31. The van der Waals surface area contributed by atoms with Crippen LogP contribution in [0.3, 0.4) is 0 Å². The van der Waals surface area contributed by atoms with Gasteiger partial charge >= 0.3 is 0 Å². The normalized spacial score (nSPS) is 12.6.